The zero-order valence-corrected chi connectivity index (χ0v) is 18.0. The molecular weight excluding hydrogens is 423 g/mol. The Kier molecular flexibility index (Phi) is 7.33. The lowest BCUT2D eigenvalue weighted by Gasteiger charge is -2.11. The molecule has 0 fully saturated rings. The molecule has 0 atom stereocenters. The number of nitrogens with one attached hydrogen (secondary N) is 1. The molecule has 0 aliphatic carbocycles. The fraction of sp³-hybridized carbons (Fsp3) is 0.130. The molecule has 0 aliphatic rings. The number of hydrazone groups is 1. The number of nitrogens with zero attached hydrogens (tertiary/aromatic N) is 1. The molecule has 1 N–H and O–H groups in total. The van der Waals surface area contributed by atoms with Crippen molar-refractivity contribution in [2.45, 2.75) is 13.5 Å². The third-order valence-electron chi connectivity index (χ3n) is 4.23. The SMILES string of the molecule is COc1cc(C)ccc1C(=O)N/N=C\c1cc(Cl)c(OCc2ccccc2)c(Cl)c1. The van der Waals surface area contributed by atoms with E-state index in [1.807, 2.05) is 43.3 Å². The number of aryl methyl sites for hydroxylation is 1. The molecule has 0 heterocycles. The topological polar surface area (TPSA) is 59.9 Å². The van der Waals surface area contributed by atoms with E-state index in [1.165, 1.54) is 13.3 Å². The Hall–Kier alpha value is -3.02. The van der Waals surface area contributed by atoms with Crippen molar-refractivity contribution in [3.63, 3.8) is 0 Å². The molecule has 30 heavy (non-hydrogen) atoms. The Bertz CT molecular complexity index is 1050. The Balaban J connectivity index is 1.67. The maximum Gasteiger partial charge on any atom is 0.275 e. The van der Waals surface area contributed by atoms with Crippen LogP contribution >= 0.6 is 23.2 Å². The molecule has 0 saturated heterocycles. The molecule has 7 heteroatoms. The Labute approximate surface area is 185 Å². The van der Waals surface area contributed by atoms with Crippen LogP contribution in [0.25, 0.3) is 0 Å². The van der Waals surface area contributed by atoms with Crippen LogP contribution in [0.2, 0.25) is 10.0 Å². The Morgan fingerprint density at radius 3 is 2.43 bits per heavy atom. The Morgan fingerprint density at radius 2 is 1.77 bits per heavy atom. The second-order valence-electron chi connectivity index (χ2n) is 6.49. The highest BCUT2D eigenvalue weighted by molar-refractivity contribution is 6.37. The van der Waals surface area contributed by atoms with Gasteiger partial charge in [0.25, 0.3) is 5.91 Å². The zero-order valence-electron chi connectivity index (χ0n) is 16.5. The summed E-state index contributed by atoms with van der Waals surface area (Å²) >= 11 is 12.6. The molecular formula is C23H20Cl2N2O3. The summed E-state index contributed by atoms with van der Waals surface area (Å²) in [4.78, 5) is 12.4. The van der Waals surface area contributed by atoms with Gasteiger partial charge in [0.05, 0.1) is 28.9 Å². The van der Waals surface area contributed by atoms with E-state index < -0.39 is 0 Å². The maximum absolute atomic E-state index is 12.4. The smallest absolute Gasteiger partial charge is 0.275 e. The standard InChI is InChI=1S/C23H20Cl2N2O3/c1-15-8-9-18(21(10-15)29-2)23(28)27-26-13-17-11-19(24)22(20(25)12-17)30-14-16-6-4-3-5-7-16/h3-13H,14H2,1-2H3,(H,27,28)/b26-13-. The van der Waals surface area contributed by atoms with Crippen molar-refractivity contribution in [1.82, 2.24) is 5.43 Å². The lowest BCUT2D eigenvalue weighted by molar-refractivity contribution is 0.0952. The number of hydrogen-bond acceptors (Lipinski definition) is 4. The molecule has 0 radical (unpaired) electrons. The normalized spacial score (nSPS) is 10.8. The Morgan fingerprint density at radius 1 is 1.07 bits per heavy atom. The molecule has 1 amide bonds. The third kappa shape index (κ3) is 5.53. The summed E-state index contributed by atoms with van der Waals surface area (Å²) in [6.45, 7) is 2.27. The van der Waals surface area contributed by atoms with E-state index in [0.717, 1.165) is 11.1 Å². The first-order valence-corrected chi connectivity index (χ1v) is 9.87. The van der Waals surface area contributed by atoms with Crippen molar-refractivity contribution in [1.29, 1.82) is 0 Å². The molecule has 0 unspecified atom stereocenters. The van der Waals surface area contributed by atoms with E-state index in [2.05, 4.69) is 10.5 Å². The molecule has 0 spiro atoms. The predicted molar refractivity (Wildman–Crippen MR) is 120 cm³/mol. The molecule has 154 valence electrons. The highest BCUT2D eigenvalue weighted by atomic mass is 35.5. The van der Waals surface area contributed by atoms with Gasteiger partial charge in [-0.2, -0.15) is 5.10 Å². The first-order chi connectivity index (χ1) is 14.5. The van der Waals surface area contributed by atoms with Gasteiger partial charge in [-0.25, -0.2) is 5.43 Å². The van der Waals surface area contributed by atoms with Crippen molar-refractivity contribution >= 4 is 35.3 Å². The summed E-state index contributed by atoms with van der Waals surface area (Å²) in [5.41, 5.74) is 5.48. The number of hydrogen-bond donors (Lipinski definition) is 1. The van der Waals surface area contributed by atoms with E-state index in [-0.39, 0.29) is 5.91 Å². The molecule has 0 aliphatic heterocycles. The average molecular weight is 443 g/mol. The monoisotopic (exact) mass is 442 g/mol. The van der Waals surface area contributed by atoms with E-state index >= 15 is 0 Å². The summed E-state index contributed by atoms with van der Waals surface area (Å²) in [6, 6.07) is 18.3. The number of halogens is 2. The molecule has 5 nitrogen and oxygen atoms in total. The lowest BCUT2D eigenvalue weighted by Crippen LogP contribution is -2.18. The minimum absolute atomic E-state index is 0.349. The van der Waals surface area contributed by atoms with Gasteiger partial charge in [-0.3, -0.25) is 4.79 Å². The quantitative estimate of drug-likeness (QED) is 0.379. The first kappa shape index (κ1) is 21.7. The summed E-state index contributed by atoms with van der Waals surface area (Å²) < 4.78 is 11.0. The van der Waals surface area contributed by atoms with Crippen molar-refractivity contribution in [3.8, 4) is 11.5 Å². The van der Waals surface area contributed by atoms with E-state index in [4.69, 9.17) is 32.7 Å². The van der Waals surface area contributed by atoms with Gasteiger partial charge in [0.1, 0.15) is 12.4 Å². The molecule has 0 bridgehead atoms. The molecule has 0 aromatic heterocycles. The maximum atomic E-state index is 12.4. The predicted octanol–water partition coefficient (Wildman–Crippen LogP) is 5.65. The number of carbonyl (C=O) groups excluding carboxylic acids is 1. The number of methoxy groups -OCH3 is 1. The summed E-state index contributed by atoms with van der Waals surface area (Å²) in [5, 5.41) is 4.69. The van der Waals surface area contributed by atoms with Crippen LogP contribution in [0, 0.1) is 6.92 Å². The van der Waals surface area contributed by atoms with Crippen LogP contribution in [0.15, 0.2) is 65.8 Å². The van der Waals surface area contributed by atoms with Crippen LogP contribution in [0.3, 0.4) is 0 Å². The number of carbonyl (C=O) groups is 1. The van der Waals surface area contributed by atoms with Gasteiger partial charge in [0, 0.05) is 0 Å². The van der Waals surface area contributed by atoms with Gasteiger partial charge in [0.15, 0.2) is 5.75 Å². The van der Waals surface area contributed by atoms with Crippen molar-refractivity contribution in [2.24, 2.45) is 5.10 Å². The first-order valence-electron chi connectivity index (χ1n) is 9.11. The second kappa shape index (κ2) is 10.1. The van der Waals surface area contributed by atoms with Gasteiger partial charge in [-0.05, 0) is 47.9 Å². The number of benzene rings is 3. The highest BCUT2D eigenvalue weighted by Gasteiger charge is 2.12. The number of amides is 1. The average Bonchev–Trinajstić information content (AvgIpc) is 2.73. The van der Waals surface area contributed by atoms with Crippen molar-refractivity contribution in [3.05, 3.63) is 93.0 Å². The van der Waals surface area contributed by atoms with E-state index in [0.29, 0.717) is 39.3 Å². The second-order valence-corrected chi connectivity index (χ2v) is 7.31. The van der Waals surface area contributed by atoms with Gasteiger partial charge in [-0.15, -0.1) is 0 Å². The van der Waals surface area contributed by atoms with E-state index in [1.54, 1.807) is 24.3 Å². The van der Waals surface area contributed by atoms with Crippen molar-refractivity contribution in [2.75, 3.05) is 7.11 Å². The van der Waals surface area contributed by atoms with Gasteiger partial charge >= 0.3 is 0 Å². The van der Waals surface area contributed by atoms with Crippen LogP contribution < -0.4 is 14.9 Å². The van der Waals surface area contributed by atoms with Gasteiger partial charge in [0.2, 0.25) is 0 Å². The summed E-state index contributed by atoms with van der Waals surface area (Å²) in [5.74, 6) is 0.490. The van der Waals surface area contributed by atoms with Gasteiger partial charge in [-0.1, -0.05) is 59.6 Å². The van der Waals surface area contributed by atoms with Crippen LogP contribution in [0.4, 0.5) is 0 Å². The number of ether oxygens (including phenoxy) is 2. The zero-order chi connectivity index (χ0) is 21.5. The fourth-order valence-electron chi connectivity index (χ4n) is 2.73. The minimum Gasteiger partial charge on any atom is -0.496 e. The largest absolute Gasteiger partial charge is 0.496 e. The molecule has 3 aromatic carbocycles. The minimum atomic E-state index is -0.386. The molecule has 3 aromatic rings. The molecule has 3 rings (SSSR count). The van der Waals surface area contributed by atoms with Crippen LogP contribution in [-0.2, 0) is 6.61 Å². The highest BCUT2D eigenvalue weighted by Crippen LogP contribution is 2.34. The van der Waals surface area contributed by atoms with Crippen LogP contribution in [0.5, 0.6) is 11.5 Å². The van der Waals surface area contributed by atoms with Gasteiger partial charge < -0.3 is 9.47 Å². The van der Waals surface area contributed by atoms with Crippen molar-refractivity contribution < 1.29 is 14.3 Å². The van der Waals surface area contributed by atoms with Crippen LogP contribution in [0.1, 0.15) is 27.0 Å². The third-order valence-corrected chi connectivity index (χ3v) is 4.79. The number of rotatable bonds is 7. The summed E-state index contributed by atoms with van der Waals surface area (Å²) in [6.07, 6.45) is 1.46. The lowest BCUT2D eigenvalue weighted by atomic mass is 10.1. The fourth-order valence-corrected chi connectivity index (χ4v) is 3.35. The summed E-state index contributed by atoms with van der Waals surface area (Å²) in [7, 11) is 1.51. The van der Waals surface area contributed by atoms with E-state index in [9.17, 15) is 4.79 Å². The molecule has 0 saturated carbocycles. The van der Waals surface area contributed by atoms with Crippen LogP contribution in [-0.4, -0.2) is 19.2 Å².